The standard InChI is InChI=1S/C15H12Br2FNO2/c1-21-15(20)11-4-3-10(18)7-14(11)19-8-9-2-5-12(16)13(17)6-9/h2-7,19H,8H2,1H3. The zero-order chi connectivity index (χ0) is 15.4. The van der Waals surface area contributed by atoms with Crippen molar-refractivity contribution in [3.8, 4) is 0 Å². The highest BCUT2D eigenvalue weighted by molar-refractivity contribution is 9.13. The minimum absolute atomic E-state index is 0.301. The third kappa shape index (κ3) is 4.04. The highest BCUT2D eigenvalue weighted by atomic mass is 79.9. The van der Waals surface area contributed by atoms with E-state index in [2.05, 4.69) is 41.9 Å². The number of nitrogens with one attached hydrogen (secondary N) is 1. The fraction of sp³-hybridized carbons (Fsp3) is 0.133. The van der Waals surface area contributed by atoms with Crippen molar-refractivity contribution in [1.82, 2.24) is 0 Å². The van der Waals surface area contributed by atoms with Gasteiger partial charge in [0.1, 0.15) is 5.82 Å². The van der Waals surface area contributed by atoms with Crippen LogP contribution in [0.4, 0.5) is 10.1 Å². The van der Waals surface area contributed by atoms with Gasteiger partial charge in [-0.2, -0.15) is 0 Å². The lowest BCUT2D eigenvalue weighted by Crippen LogP contribution is -2.08. The fourth-order valence-electron chi connectivity index (χ4n) is 1.80. The molecule has 1 N–H and O–H groups in total. The number of methoxy groups -OCH3 is 1. The van der Waals surface area contributed by atoms with Crippen LogP contribution in [0.5, 0.6) is 0 Å². The van der Waals surface area contributed by atoms with E-state index in [-0.39, 0.29) is 0 Å². The van der Waals surface area contributed by atoms with Gasteiger partial charge in [0.15, 0.2) is 0 Å². The Morgan fingerprint density at radius 1 is 1.19 bits per heavy atom. The number of carbonyl (C=O) groups excluding carboxylic acids is 1. The van der Waals surface area contributed by atoms with Crippen LogP contribution in [-0.4, -0.2) is 13.1 Å². The molecule has 0 bridgehead atoms. The number of esters is 1. The first-order valence-electron chi connectivity index (χ1n) is 6.07. The average molecular weight is 417 g/mol. The smallest absolute Gasteiger partial charge is 0.339 e. The van der Waals surface area contributed by atoms with Gasteiger partial charge >= 0.3 is 5.97 Å². The Morgan fingerprint density at radius 2 is 1.95 bits per heavy atom. The van der Waals surface area contributed by atoms with Crippen LogP contribution >= 0.6 is 31.9 Å². The first kappa shape index (κ1) is 16.0. The Labute approximate surface area is 138 Å². The number of rotatable bonds is 4. The van der Waals surface area contributed by atoms with Crippen LogP contribution in [0.1, 0.15) is 15.9 Å². The number of anilines is 1. The maximum absolute atomic E-state index is 13.4. The van der Waals surface area contributed by atoms with E-state index in [1.165, 1.54) is 25.3 Å². The molecule has 110 valence electrons. The molecule has 0 amide bonds. The van der Waals surface area contributed by atoms with Crippen molar-refractivity contribution in [3.05, 3.63) is 62.3 Å². The summed E-state index contributed by atoms with van der Waals surface area (Å²) in [5.41, 5.74) is 1.70. The molecule has 0 unspecified atom stereocenters. The summed E-state index contributed by atoms with van der Waals surface area (Å²) in [4.78, 5) is 11.7. The summed E-state index contributed by atoms with van der Waals surface area (Å²) in [6, 6.07) is 9.69. The van der Waals surface area contributed by atoms with Gasteiger partial charge < -0.3 is 10.1 Å². The molecule has 0 heterocycles. The summed E-state index contributed by atoms with van der Waals surface area (Å²) in [5.74, 6) is -0.920. The maximum Gasteiger partial charge on any atom is 0.339 e. The second kappa shape index (κ2) is 7.04. The van der Waals surface area contributed by atoms with Gasteiger partial charge in [-0.25, -0.2) is 9.18 Å². The molecule has 0 aliphatic rings. The summed E-state index contributed by atoms with van der Waals surface area (Å²) < 4.78 is 19.9. The van der Waals surface area contributed by atoms with Crippen molar-refractivity contribution in [3.63, 3.8) is 0 Å². The van der Waals surface area contributed by atoms with Crippen LogP contribution in [0.15, 0.2) is 45.3 Å². The third-order valence-electron chi connectivity index (χ3n) is 2.85. The molecule has 2 rings (SSSR count). The van der Waals surface area contributed by atoms with Gasteiger partial charge in [-0.1, -0.05) is 6.07 Å². The molecule has 3 nitrogen and oxygen atoms in total. The largest absolute Gasteiger partial charge is 0.465 e. The van der Waals surface area contributed by atoms with E-state index in [1.54, 1.807) is 0 Å². The first-order chi connectivity index (χ1) is 10.0. The zero-order valence-corrected chi connectivity index (χ0v) is 14.3. The van der Waals surface area contributed by atoms with Gasteiger partial charge in [-0.3, -0.25) is 0 Å². The molecular formula is C15H12Br2FNO2. The average Bonchev–Trinajstić information content (AvgIpc) is 2.48. The molecule has 6 heteroatoms. The molecule has 0 fully saturated rings. The summed E-state index contributed by atoms with van der Waals surface area (Å²) in [6.45, 7) is 0.458. The number of ether oxygens (including phenoxy) is 1. The normalized spacial score (nSPS) is 10.3. The Balaban J connectivity index is 2.20. The molecule has 0 aliphatic carbocycles. The molecule has 0 aromatic heterocycles. The van der Waals surface area contributed by atoms with Crippen LogP contribution in [0.2, 0.25) is 0 Å². The quantitative estimate of drug-likeness (QED) is 0.731. The fourth-order valence-corrected chi connectivity index (χ4v) is 2.47. The van der Waals surface area contributed by atoms with E-state index in [9.17, 15) is 9.18 Å². The van der Waals surface area contributed by atoms with E-state index in [4.69, 9.17) is 0 Å². The second-order valence-electron chi connectivity index (χ2n) is 4.28. The molecule has 0 radical (unpaired) electrons. The second-order valence-corrected chi connectivity index (χ2v) is 5.99. The lowest BCUT2D eigenvalue weighted by molar-refractivity contribution is 0.0602. The van der Waals surface area contributed by atoms with Gasteiger partial charge in [0.25, 0.3) is 0 Å². The molecule has 0 saturated carbocycles. The van der Waals surface area contributed by atoms with Crippen molar-refractivity contribution < 1.29 is 13.9 Å². The zero-order valence-electron chi connectivity index (χ0n) is 11.1. The highest BCUT2D eigenvalue weighted by Crippen LogP contribution is 2.25. The number of hydrogen-bond donors (Lipinski definition) is 1. The molecular weight excluding hydrogens is 405 g/mol. The Bertz CT molecular complexity index is 677. The van der Waals surface area contributed by atoms with E-state index in [0.29, 0.717) is 17.8 Å². The first-order valence-corrected chi connectivity index (χ1v) is 7.65. The van der Waals surface area contributed by atoms with Gasteiger partial charge in [0.05, 0.1) is 18.4 Å². The predicted octanol–water partition coefficient (Wildman–Crippen LogP) is 4.75. The third-order valence-corrected chi connectivity index (χ3v) is 4.73. The summed E-state index contributed by atoms with van der Waals surface area (Å²) in [6.07, 6.45) is 0. The topological polar surface area (TPSA) is 38.3 Å². The Morgan fingerprint density at radius 3 is 2.62 bits per heavy atom. The van der Waals surface area contributed by atoms with Gasteiger partial charge in [-0.15, -0.1) is 0 Å². The number of benzene rings is 2. The minimum atomic E-state index is -0.505. The molecule has 0 spiro atoms. The highest BCUT2D eigenvalue weighted by Gasteiger charge is 2.12. The van der Waals surface area contributed by atoms with E-state index < -0.39 is 11.8 Å². The Hall–Kier alpha value is -1.40. The predicted molar refractivity (Wildman–Crippen MR) is 86.9 cm³/mol. The van der Waals surface area contributed by atoms with E-state index in [0.717, 1.165) is 14.5 Å². The molecule has 21 heavy (non-hydrogen) atoms. The molecule has 2 aromatic rings. The van der Waals surface area contributed by atoms with Gasteiger partial charge in [-0.05, 0) is 67.8 Å². The maximum atomic E-state index is 13.4. The van der Waals surface area contributed by atoms with E-state index >= 15 is 0 Å². The van der Waals surface area contributed by atoms with Crippen LogP contribution in [0.25, 0.3) is 0 Å². The van der Waals surface area contributed by atoms with Crippen molar-refractivity contribution in [2.75, 3.05) is 12.4 Å². The van der Waals surface area contributed by atoms with Gasteiger partial charge in [0.2, 0.25) is 0 Å². The van der Waals surface area contributed by atoms with Crippen molar-refractivity contribution in [2.45, 2.75) is 6.54 Å². The summed E-state index contributed by atoms with van der Waals surface area (Å²) >= 11 is 6.82. The number of carbonyl (C=O) groups is 1. The van der Waals surface area contributed by atoms with Crippen LogP contribution in [0, 0.1) is 5.82 Å². The van der Waals surface area contributed by atoms with Crippen molar-refractivity contribution in [1.29, 1.82) is 0 Å². The summed E-state index contributed by atoms with van der Waals surface area (Å²) in [7, 11) is 1.29. The van der Waals surface area contributed by atoms with E-state index in [1.807, 2.05) is 18.2 Å². The molecule has 0 aliphatic heterocycles. The number of halogens is 3. The monoisotopic (exact) mass is 415 g/mol. The van der Waals surface area contributed by atoms with Crippen LogP contribution in [-0.2, 0) is 11.3 Å². The SMILES string of the molecule is COC(=O)c1ccc(F)cc1NCc1ccc(Br)c(Br)c1. The van der Waals surface area contributed by atoms with Crippen LogP contribution in [0.3, 0.4) is 0 Å². The van der Waals surface area contributed by atoms with Gasteiger partial charge in [0, 0.05) is 15.5 Å². The molecule has 0 atom stereocenters. The van der Waals surface area contributed by atoms with Crippen LogP contribution < -0.4 is 5.32 Å². The lowest BCUT2D eigenvalue weighted by atomic mass is 10.1. The molecule has 0 saturated heterocycles. The molecule has 2 aromatic carbocycles. The van der Waals surface area contributed by atoms with Crippen molar-refractivity contribution >= 4 is 43.5 Å². The minimum Gasteiger partial charge on any atom is -0.465 e. The van der Waals surface area contributed by atoms with Crippen molar-refractivity contribution in [2.24, 2.45) is 0 Å². The Kier molecular flexibility index (Phi) is 5.36. The lowest BCUT2D eigenvalue weighted by Gasteiger charge is -2.11. The number of hydrogen-bond acceptors (Lipinski definition) is 3. The summed E-state index contributed by atoms with van der Waals surface area (Å²) in [5, 5.41) is 3.06.